The summed E-state index contributed by atoms with van der Waals surface area (Å²) < 4.78 is 11.9. The molecule has 0 atom stereocenters. The zero-order valence-corrected chi connectivity index (χ0v) is 11.6. The third-order valence-corrected chi connectivity index (χ3v) is 3.34. The third-order valence-electron chi connectivity index (χ3n) is 2.81. The number of benzene rings is 1. The molecule has 1 saturated heterocycles. The molecule has 94 valence electrons. The van der Waals surface area contributed by atoms with Crippen molar-refractivity contribution in [1.82, 2.24) is 5.32 Å². The summed E-state index contributed by atoms with van der Waals surface area (Å²) in [5.41, 5.74) is 0.331. The van der Waals surface area contributed by atoms with Crippen molar-refractivity contribution >= 4 is 15.9 Å². The predicted molar refractivity (Wildman–Crippen MR) is 71.4 cm³/mol. The molecular formula is C13H18BrNO2. The van der Waals surface area contributed by atoms with Crippen LogP contribution in [0, 0.1) is 5.41 Å². The second kappa shape index (κ2) is 5.85. The summed E-state index contributed by atoms with van der Waals surface area (Å²) in [5, 5.41) is 3.40. The lowest BCUT2D eigenvalue weighted by atomic mass is 9.89. The molecule has 1 N–H and O–H groups in total. The highest BCUT2D eigenvalue weighted by atomic mass is 79.9. The summed E-state index contributed by atoms with van der Waals surface area (Å²) in [5.74, 6) is 0.910. The Morgan fingerprint density at radius 3 is 2.65 bits per heavy atom. The molecule has 0 aromatic heterocycles. The first-order valence-electron chi connectivity index (χ1n) is 5.85. The molecule has 0 radical (unpaired) electrons. The van der Waals surface area contributed by atoms with Gasteiger partial charge in [-0.3, -0.25) is 0 Å². The highest BCUT2D eigenvalue weighted by Gasteiger charge is 2.32. The first kappa shape index (κ1) is 12.9. The molecule has 0 amide bonds. The van der Waals surface area contributed by atoms with Crippen molar-refractivity contribution in [2.75, 3.05) is 32.9 Å². The van der Waals surface area contributed by atoms with Gasteiger partial charge < -0.3 is 14.8 Å². The van der Waals surface area contributed by atoms with Gasteiger partial charge in [0, 0.05) is 23.0 Å². The Morgan fingerprint density at radius 2 is 2.06 bits per heavy atom. The number of rotatable bonds is 6. The number of halogens is 1. The maximum absolute atomic E-state index is 5.61. The molecule has 0 bridgehead atoms. The maximum atomic E-state index is 5.61. The van der Waals surface area contributed by atoms with E-state index < -0.39 is 0 Å². The normalized spacial score (nSPS) is 17.5. The number of hydrogen-bond acceptors (Lipinski definition) is 3. The molecule has 4 heteroatoms. The summed E-state index contributed by atoms with van der Waals surface area (Å²) in [6, 6.07) is 7.89. The van der Waals surface area contributed by atoms with Crippen LogP contribution >= 0.6 is 15.9 Å². The van der Waals surface area contributed by atoms with Gasteiger partial charge in [0.15, 0.2) is 0 Å². The van der Waals surface area contributed by atoms with E-state index in [1.165, 1.54) is 0 Å². The van der Waals surface area contributed by atoms with Crippen LogP contribution < -0.4 is 10.1 Å². The molecule has 1 aliphatic heterocycles. The molecule has 0 saturated carbocycles. The van der Waals surface area contributed by atoms with Crippen molar-refractivity contribution in [1.29, 1.82) is 0 Å². The molecule has 0 spiro atoms. The second-order valence-corrected chi connectivity index (χ2v) is 5.70. The molecule has 17 heavy (non-hydrogen) atoms. The van der Waals surface area contributed by atoms with Crippen LogP contribution in [-0.4, -0.2) is 32.9 Å². The fourth-order valence-corrected chi connectivity index (χ4v) is 1.98. The molecule has 2 rings (SSSR count). The molecule has 0 unspecified atom stereocenters. The minimum atomic E-state index is 0.331. The van der Waals surface area contributed by atoms with E-state index in [1.54, 1.807) is 0 Å². The van der Waals surface area contributed by atoms with Crippen molar-refractivity contribution in [2.24, 2.45) is 5.41 Å². The van der Waals surface area contributed by atoms with E-state index >= 15 is 0 Å². The van der Waals surface area contributed by atoms with Gasteiger partial charge in [-0.05, 0) is 24.3 Å². The van der Waals surface area contributed by atoms with Gasteiger partial charge in [-0.15, -0.1) is 0 Å². The second-order valence-electron chi connectivity index (χ2n) is 4.78. The Kier molecular flexibility index (Phi) is 4.42. The lowest BCUT2D eigenvalue weighted by Gasteiger charge is -2.38. The minimum absolute atomic E-state index is 0.331. The molecule has 3 nitrogen and oxygen atoms in total. The summed E-state index contributed by atoms with van der Waals surface area (Å²) in [6.07, 6.45) is 0. The Hall–Kier alpha value is -0.580. The standard InChI is InChI=1S/C13H18BrNO2/c1-13(9-16-10-13)8-15-6-7-17-12-4-2-11(14)3-5-12/h2-5,15H,6-10H2,1H3. The van der Waals surface area contributed by atoms with E-state index in [1.807, 2.05) is 24.3 Å². The highest BCUT2D eigenvalue weighted by Crippen LogP contribution is 2.24. The van der Waals surface area contributed by atoms with Crippen molar-refractivity contribution in [3.05, 3.63) is 28.7 Å². The summed E-state index contributed by atoms with van der Waals surface area (Å²) in [7, 11) is 0. The van der Waals surface area contributed by atoms with Gasteiger partial charge in [-0.1, -0.05) is 22.9 Å². The zero-order valence-electron chi connectivity index (χ0n) is 10.0. The van der Waals surface area contributed by atoms with Gasteiger partial charge in [0.1, 0.15) is 12.4 Å². The first-order valence-corrected chi connectivity index (χ1v) is 6.64. The zero-order chi connectivity index (χ0) is 12.1. The number of hydrogen-bond donors (Lipinski definition) is 1. The van der Waals surface area contributed by atoms with Crippen LogP contribution in [0.4, 0.5) is 0 Å². The molecular weight excluding hydrogens is 282 g/mol. The Labute approximate surface area is 111 Å². The largest absolute Gasteiger partial charge is 0.492 e. The molecule has 1 aliphatic rings. The fourth-order valence-electron chi connectivity index (χ4n) is 1.71. The van der Waals surface area contributed by atoms with E-state index in [0.717, 1.165) is 36.5 Å². The summed E-state index contributed by atoms with van der Waals surface area (Å²) in [6.45, 7) is 6.53. The quantitative estimate of drug-likeness (QED) is 0.819. The minimum Gasteiger partial charge on any atom is -0.492 e. The van der Waals surface area contributed by atoms with Gasteiger partial charge in [0.2, 0.25) is 0 Å². The van der Waals surface area contributed by atoms with Crippen LogP contribution in [0.5, 0.6) is 5.75 Å². The Bertz CT molecular complexity index is 349. The lowest BCUT2D eigenvalue weighted by molar-refractivity contribution is -0.0990. The van der Waals surface area contributed by atoms with Crippen LogP contribution in [0.25, 0.3) is 0 Å². The van der Waals surface area contributed by atoms with Crippen molar-refractivity contribution in [2.45, 2.75) is 6.92 Å². The van der Waals surface area contributed by atoms with E-state index in [4.69, 9.17) is 9.47 Å². The third kappa shape index (κ3) is 3.98. The van der Waals surface area contributed by atoms with Crippen molar-refractivity contribution < 1.29 is 9.47 Å². The van der Waals surface area contributed by atoms with Crippen molar-refractivity contribution in [3.63, 3.8) is 0 Å². The molecule has 1 aromatic rings. The summed E-state index contributed by atoms with van der Waals surface area (Å²) >= 11 is 3.39. The van der Waals surface area contributed by atoms with Crippen LogP contribution in [0.1, 0.15) is 6.92 Å². The van der Waals surface area contributed by atoms with Gasteiger partial charge in [0.25, 0.3) is 0 Å². The predicted octanol–water partition coefficient (Wildman–Crippen LogP) is 2.45. The van der Waals surface area contributed by atoms with Crippen LogP contribution in [-0.2, 0) is 4.74 Å². The fraction of sp³-hybridized carbons (Fsp3) is 0.538. The van der Waals surface area contributed by atoms with Gasteiger partial charge in [0.05, 0.1) is 13.2 Å². The van der Waals surface area contributed by atoms with Crippen LogP contribution in [0.3, 0.4) is 0 Å². The van der Waals surface area contributed by atoms with E-state index in [0.29, 0.717) is 12.0 Å². The lowest BCUT2D eigenvalue weighted by Crippen LogP contribution is -2.47. The molecule has 0 aliphatic carbocycles. The van der Waals surface area contributed by atoms with Gasteiger partial charge >= 0.3 is 0 Å². The average Bonchev–Trinajstić information content (AvgIpc) is 2.29. The van der Waals surface area contributed by atoms with Crippen LogP contribution in [0.2, 0.25) is 0 Å². The number of ether oxygens (including phenoxy) is 2. The molecule has 1 heterocycles. The monoisotopic (exact) mass is 299 g/mol. The topological polar surface area (TPSA) is 30.5 Å². The van der Waals surface area contributed by atoms with E-state index in [9.17, 15) is 0 Å². The SMILES string of the molecule is CC1(CNCCOc2ccc(Br)cc2)COC1. The molecule has 1 fully saturated rings. The average molecular weight is 300 g/mol. The highest BCUT2D eigenvalue weighted by molar-refractivity contribution is 9.10. The summed E-state index contributed by atoms with van der Waals surface area (Å²) in [4.78, 5) is 0. The van der Waals surface area contributed by atoms with E-state index in [-0.39, 0.29) is 0 Å². The van der Waals surface area contributed by atoms with Crippen molar-refractivity contribution in [3.8, 4) is 5.75 Å². The smallest absolute Gasteiger partial charge is 0.119 e. The number of nitrogens with one attached hydrogen (secondary N) is 1. The van der Waals surface area contributed by atoms with Gasteiger partial charge in [-0.25, -0.2) is 0 Å². The molecule has 1 aromatic carbocycles. The Morgan fingerprint density at radius 1 is 1.35 bits per heavy atom. The van der Waals surface area contributed by atoms with Crippen LogP contribution in [0.15, 0.2) is 28.7 Å². The van der Waals surface area contributed by atoms with Gasteiger partial charge in [-0.2, -0.15) is 0 Å². The Balaban J connectivity index is 1.58. The van der Waals surface area contributed by atoms with E-state index in [2.05, 4.69) is 28.2 Å². The first-order chi connectivity index (χ1) is 8.18. The maximum Gasteiger partial charge on any atom is 0.119 e.